The molecule has 1 aliphatic rings. The van der Waals surface area contributed by atoms with E-state index >= 15 is 0 Å². The van der Waals surface area contributed by atoms with Crippen LogP contribution in [0.15, 0.2) is 29.9 Å². The fraction of sp³-hybridized carbons (Fsp3) is 0.312. The first-order chi connectivity index (χ1) is 12.3. The third-order valence-electron chi connectivity index (χ3n) is 4.24. The monoisotopic (exact) mass is 355 g/mol. The van der Waals surface area contributed by atoms with Gasteiger partial charge in [0, 0.05) is 33.2 Å². The average molecular weight is 355 g/mol. The van der Waals surface area contributed by atoms with Gasteiger partial charge in [-0.2, -0.15) is 0 Å². The van der Waals surface area contributed by atoms with E-state index in [0.29, 0.717) is 5.69 Å². The third-order valence-corrected chi connectivity index (χ3v) is 5.14. The highest BCUT2D eigenvalue weighted by Gasteiger charge is 2.21. The molecule has 1 saturated heterocycles. The van der Waals surface area contributed by atoms with Gasteiger partial charge in [-0.1, -0.05) is 0 Å². The van der Waals surface area contributed by atoms with Crippen molar-refractivity contribution in [2.75, 3.05) is 43.0 Å². The molecular formula is C16H17N7OS. The lowest BCUT2D eigenvalue weighted by Crippen LogP contribution is -2.47. The van der Waals surface area contributed by atoms with Crippen LogP contribution in [0.3, 0.4) is 0 Å². The molecule has 0 atom stereocenters. The molecule has 3 aromatic rings. The zero-order chi connectivity index (χ0) is 17.2. The van der Waals surface area contributed by atoms with E-state index in [2.05, 4.69) is 35.3 Å². The van der Waals surface area contributed by atoms with Crippen LogP contribution in [-0.2, 0) is 0 Å². The maximum atomic E-state index is 11.5. The van der Waals surface area contributed by atoms with Gasteiger partial charge in [-0.25, -0.2) is 9.97 Å². The first kappa shape index (κ1) is 15.7. The van der Waals surface area contributed by atoms with E-state index in [0.717, 1.165) is 48.0 Å². The first-order valence-electron chi connectivity index (χ1n) is 8.00. The summed E-state index contributed by atoms with van der Waals surface area (Å²) in [7, 11) is 1.58. The molecule has 3 aromatic heterocycles. The van der Waals surface area contributed by atoms with Gasteiger partial charge >= 0.3 is 0 Å². The summed E-state index contributed by atoms with van der Waals surface area (Å²) in [5.41, 5.74) is 1.32. The predicted molar refractivity (Wildman–Crippen MR) is 97.3 cm³/mol. The molecule has 1 fully saturated rings. The second kappa shape index (κ2) is 6.60. The van der Waals surface area contributed by atoms with Gasteiger partial charge < -0.3 is 15.1 Å². The minimum Gasteiger partial charge on any atom is -0.354 e. The normalized spacial score (nSPS) is 14.8. The Morgan fingerprint density at radius 1 is 1.08 bits per heavy atom. The number of fused-ring (bicyclic) bond motifs is 1. The second-order valence-electron chi connectivity index (χ2n) is 5.66. The van der Waals surface area contributed by atoms with Crippen molar-refractivity contribution >= 4 is 39.1 Å². The maximum absolute atomic E-state index is 11.5. The van der Waals surface area contributed by atoms with Crippen molar-refractivity contribution in [2.45, 2.75) is 0 Å². The number of carbonyl (C=O) groups is 1. The van der Waals surface area contributed by atoms with Crippen molar-refractivity contribution in [3.8, 4) is 0 Å². The topological polar surface area (TPSA) is 87.1 Å². The molecule has 1 aliphatic heterocycles. The van der Waals surface area contributed by atoms with Gasteiger partial charge in [-0.3, -0.25) is 4.79 Å². The lowest BCUT2D eigenvalue weighted by atomic mass is 10.3. The van der Waals surface area contributed by atoms with E-state index in [1.807, 2.05) is 17.5 Å². The van der Waals surface area contributed by atoms with Crippen molar-refractivity contribution < 1.29 is 4.79 Å². The molecule has 0 radical (unpaired) electrons. The van der Waals surface area contributed by atoms with Crippen LogP contribution in [0.4, 0.5) is 11.6 Å². The number of piperazine rings is 1. The van der Waals surface area contributed by atoms with Crippen LogP contribution >= 0.6 is 11.3 Å². The minimum absolute atomic E-state index is 0.229. The predicted octanol–water partition coefficient (Wildman–Crippen LogP) is 1.17. The molecule has 0 unspecified atom stereocenters. The number of nitrogens with zero attached hydrogens (tertiary/aromatic N) is 6. The van der Waals surface area contributed by atoms with E-state index in [1.165, 1.54) is 0 Å². The third kappa shape index (κ3) is 2.98. The van der Waals surface area contributed by atoms with Crippen LogP contribution in [-0.4, -0.2) is 59.3 Å². The second-order valence-corrected chi connectivity index (χ2v) is 6.58. The van der Waals surface area contributed by atoms with E-state index in [-0.39, 0.29) is 5.91 Å². The summed E-state index contributed by atoms with van der Waals surface area (Å²) < 4.78 is 1.13. The van der Waals surface area contributed by atoms with Gasteiger partial charge in [0.05, 0.1) is 10.2 Å². The van der Waals surface area contributed by atoms with E-state index in [1.54, 1.807) is 30.8 Å². The summed E-state index contributed by atoms with van der Waals surface area (Å²) >= 11 is 1.67. The SMILES string of the molecule is CNC(=O)c1ccc(N2CCN(c3ncnc4ccsc34)CC2)nn1. The van der Waals surface area contributed by atoms with Crippen LogP contribution in [0.1, 0.15) is 10.5 Å². The summed E-state index contributed by atoms with van der Waals surface area (Å²) in [6.07, 6.45) is 1.62. The molecule has 0 bridgehead atoms. The quantitative estimate of drug-likeness (QED) is 0.754. The fourth-order valence-corrected chi connectivity index (χ4v) is 3.75. The number of carbonyl (C=O) groups excluding carboxylic acids is 1. The van der Waals surface area contributed by atoms with E-state index in [9.17, 15) is 4.79 Å². The zero-order valence-electron chi connectivity index (χ0n) is 13.7. The molecule has 0 aromatic carbocycles. The minimum atomic E-state index is -0.229. The van der Waals surface area contributed by atoms with Crippen LogP contribution < -0.4 is 15.1 Å². The van der Waals surface area contributed by atoms with Crippen molar-refractivity contribution in [1.82, 2.24) is 25.5 Å². The highest BCUT2D eigenvalue weighted by molar-refractivity contribution is 7.17. The number of rotatable bonds is 3. The van der Waals surface area contributed by atoms with E-state index < -0.39 is 0 Å². The summed E-state index contributed by atoms with van der Waals surface area (Å²) in [5.74, 6) is 1.56. The Balaban J connectivity index is 1.46. The molecule has 4 heterocycles. The molecular weight excluding hydrogens is 338 g/mol. The maximum Gasteiger partial charge on any atom is 0.271 e. The molecule has 128 valence electrons. The number of nitrogens with one attached hydrogen (secondary N) is 1. The molecule has 0 aliphatic carbocycles. The number of hydrogen-bond donors (Lipinski definition) is 1. The smallest absolute Gasteiger partial charge is 0.271 e. The standard InChI is InChI=1S/C16H17N7OS/c1-17-16(24)12-2-3-13(21-20-12)22-5-7-23(8-6-22)15-14-11(4-9-25-14)18-10-19-15/h2-4,9-10H,5-8H2,1H3,(H,17,24). The molecule has 9 heteroatoms. The molecule has 1 N–H and O–H groups in total. The molecule has 4 rings (SSSR count). The van der Waals surface area contributed by atoms with Gasteiger partial charge in [-0.15, -0.1) is 21.5 Å². The summed E-state index contributed by atoms with van der Waals surface area (Å²) in [6.45, 7) is 3.35. The molecule has 1 amide bonds. The highest BCUT2D eigenvalue weighted by atomic mass is 32.1. The Kier molecular flexibility index (Phi) is 4.14. The lowest BCUT2D eigenvalue weighted by Gasteiger charge is -2.35. The summed E-state index contributed by atoms with van der Waals surface area (Å²) in [5, 5.41) is 12.8. The van der Waals surface area contributed by atoms with Crippen molar-refractivity contribution in [1.29, 1.82) is 0 Å². The Morgan fingerprint density at radius 2 is 1.88 bits per heavy atom. The van der Waals surface area contributed by atoms with Crippen LogP contribution in [0, 0.1) is 0 Å². The van der Waals surface area contributed by atoms with E-state index in [4.69, 9.17) is 0 Å². The largest absolute Gasteiger partial charge is 0.354 e. The van der Waals surface area contributed by atoms with Gasteiger partial charge in [-0.05, 0) is 23.6 Å². The average Bonchev–Trinajstić information content (AvgIpc) is 3.16. The summed E-state index contributed by atoms with van der Waals surface area (Å²) in [6, 6.07) is 5.56. The van der Waals surface area contributed by atoms with Crippen LogP contribution in [0.25, 0.3) is 10.2 Å². The molecule has 0 saturated carbocycles. The number of thiophene rings is 1. The molecule has 0 spiro atoms. The number of amides is 1. The fourth-order valence-electron chi connectivity index (χ4n) is 2.89. The van der Waals surface area contributed by atoms with Gasteiger partial charge in [0.2, 0.25) is 0 Å². The Bertz CT molecular complexity index is 887. The molecule has 25 heavy (non-hydrogen) atoms. The number of aromatic nitrogens is 4. The number of hydrogen-bond acceptors (Lipinski definition) is 8. The van der Waals surface area contributed by atoms with Crippen molar-refractivity contribution in [3.63, 3.8) is 0 Å². The van der Waals surface area contributed by atoms with Crippen molar-refractivity contribution in [2.24, 2.45) is 0 Å². The Hall–Kier alpha value is -2.81. The number of anilines is 2. The van der Waals surface area contributed by atoms with Gasteiger partial charge in [0.15, 0.2) is 11.5 Å². The Labute approximate surface area is 148 Å². The van der Waals surface area contributed by atoms with Crippen molar-refractivity contribution in [3.05, 3.63) is 35.6 Å². The highest BCUT2D eigenvalue weighted by Crippen LogP contribution is 2.28. The summed E-state index contributed by atoms with van der Waals surface area (Å²) in [4.78, 5) is 24.8. The van der Waals surface area contributed by atoms with Crippen LogP contribution in [0.2, 0.25) is 0 Å². The Morgan fingerprint density at radius 3 is 2.60 bits per heavy atom. The first-order valence-corrected chi connectivity index (χ1v) is 8.88. The zero-order valence-corrected chi connectivity index (χ0v) is 14.5. The lowest BCUT2D eigenvalue weighted by molar-refractivity contribution is 0.0957. The van der Waals surface area contributed by atoms with Gasteiger partial charge in [0.25, 0.3) is 5.91 Å². The molecule has 8 nitrogen and oxygen atoms in total. The van der Waals surface area contributed by atoms with Crippen LogP contribution in [0.5, 0.6) is 0 Å². The van der Waals surface area contributed by atoms with Gasteiger partial charge in [0.1, 0.15) is 12.1 Å².